The molecule has 0 spiro atoms. The van der Waals surface area contributed by atoms with Crippen LogP contribution < -0.4 is 4.90 Å². The molecule has 0 aromatic heterocycles. The fourth-order valence-corrected chi connectivity index (χ4v) is 2.36. The van der Waals surface area contributed by atoms with E-state index >= 15 is 0 Å². The lowest BCUT2D eigenvalue weighted by molar-refractivity contribution is -0.138. The summed E-state index contributed by atoms with van der Waals surface area (Å²) in [6.45, 7) is 6.13. The number of aliphatic carboxylic acids is 1. The minimum atomic E-state index is -0.875. The Labute approximate surface area is 113 Å². The molecular formula is C15H19NO3. The second kappa shape index (κ2) is 5.03. The molecule has 1 aromatic carbocycles. The van der Waals surface area contributed by atoms with E-state index in [0.29, 0.717) is 0 Å². The summed E-state index contributed by atoms with van der Waals surface area (Å²) in [5, 5.41) is 9.27. The van der Waals surface area contributed by atoms with Crippen LogP contribution in [0.3, 0.4) is 0 Å². The van der Waals surface area contributed by atoms with E-state index in [1.165, 1.54) is 0 Å². The van der Waals surface area contributed by atoms with Crippen molar-refractivity contribution in [3.8, 4) is 0 Å². The number of hydrogen-bond donors (Lipinski definition) is 1. The highest BCUT2D eigenvalue weighted by atomic mass is 16.4. The number of carbonyl (C=O) groups is 2. The Kier molecular flexibility index (Phi) is 3.60. The second-order valence-corrected chi connectivity index (χ2v) is 5.43. The SMILES string of the molecule is CC(C)C(C)C(=O)N1CC(C(=O)O)c2ccccc21. The molecule has 1 aromatic rings. The molecule has 2 atom stereocenters. The molecule has 102 valence electrons. The van der Waals surface area contributed by atoms with Crippen molar-refractivity contribution >= 4 is 17.6 Å². The zero-order chi connectivity index (χ0) is 14.2. The molecule has 1 aliphatic heterocycles. The monoisotopic (exact) mass is 261 g/mol. The molecule has 0 bridgehead atoms. The van der Waals surface area contributed by atoms with Gasteiger partial charge in [0.1, 0.15) is 5.92 Å². The Morgan fingerprint density at radius 1 is 1.26 bits per heavy atom. The van der Waals surface area contributed by atoms with E-state index in [0.717, 1.165) is 11.3 Å². The summed E-state index contributed by atoms with van der Waals surface area (Å²) in [5.74, 6) is -1.35. The first-order chi connectivity index (χ1) is 8.93. The molecule has 1 N–H and O–H groups in total. The summed E-state index contributed by atoms with van der Waals surface area (Å²) in [5.41, 5.74) is 1.48. The molecule has 0 radical (unpaired) electrons. The van der Waals surface area contributed by atoms with E-state index in [1.54, 1.807) is 11.0 Å². The molecule has 1 heterocycles. The zero-order valence-electron chi connectivity index (χ0n) is 11.5. The van der Waals surface area contributed by atoms with E-state index in [-0.39, 0.29) is 24.3 Å². The van der Waals surface area contributed by atoms with E-state index in [2.05, 4.69) is 0 Å². The van der Waals surface area contributed by atoms with E-state index in [1.807, 2.05) is 39.0 Å². The Balaban J connectivity index is 2.35. The first kappa shape index (κ1) is 13.6. The second-order valence-electron chi connectivity index (χ2n) is 5.43. The van der Waals surface area contributed by atoms with E-state index < -0.39 is 11.9 Å². The van der Waals surface area contributed by atoms with Gasteiger partial charge in [-0.25, -0.2) is 0 Å². The van der Waals surface area contributed by atoms with Gasteiger partial charge in [0.05, 0.1) is 0 Å². The van der Waals surface area contributed by atoms with Crippen molar-refractivity contribution in [2.45, 2.75) is 26.7 Å². The first-order valence-corrected chi connectivity index (χ1v) is 6.56. The van der Waals surface area contributed by atoms with Gasteiger partial charge in [-0.05, 0) is 17.5 Å². The fourth-order valence-electron chi connectivity index (χ4n) is 2.36. The molecule has 0 fully saturated rings. The van der Waals surface area contributed by atoms with Crippen LogP contribution >= 0.6 is 0 Å². The van der Waals surface area contributed by atoms with Gasteiger partial charge >= 0.3 is 5.97 Å². The summed E-state index contributed by atoms with van der Waals surface area (Å²) in [7, 11) is 0. The minimum absolute atomic E-state index is 0.00574. The maximum atomic E-state index is 12.5. The lowest BCUT2D eigenvalue weighted by Crippen LogP contribution is -2.37. The van der Waals surface area contributed by atoms with Crippen LogP contribution in [0.25, 0.3) is 0 Å². The number of carboxylic acids is 1. The van der Waals surface area contributed by atoms with Gasteiger partial charge in [0.15, 0.2) is 0 Å². The van der Waals surface area contributed by atoms with Crippen molar-refractivity contribution in [1.29, 1.82) is 0 Å². The predicted octanol–water partition coefficient (Wildman–Crippen LogP) is 2.49. The molecule has 1 aliphatic rings. The third-order valence-electron chi connectivity index (χ3n) is 3.92. The Bertz CT molecular complexity index is 510. The number of carbonyl (C=O) groups excluding carboxylic acids is 1. The number of carboxylic acid groups (broad SMARTS) is 1. The largest absolute Gasteiger partial charge is 0.481 e. The number of rotatable bonds is 3. The van der Waals surface area contributed by atoms with Gasteiger partial charge in [0.2, 0.25) is 5.91 Å². The van der Waals surface area contributed by atoms with Crippen molar-refractivity contribution in [2.75, 3.05) is 11.4 Å². The summed E-state index contributed by atoms with van der Waals surface area (Å²) >= 11 is 0. The molecule has 4 heteroatoms. The van der Waals surface area contributed by atoms with Gasteiger partial charge < -0.3 is 10.0 Å². The van der Waals surface area contributed by atoms with Gasteiger partial charge in [-0.1, -0.05) is 39.0 Å². The summed E-state index contributed by atoms with van der Waals surface area (Å²) < 4.78 is 0. The standard InChI is InChI=1S/C15H19NO3/c1-9(2)10(3)14(17)16-8-12(15(18)19)11-6-4-5-7-13(11)16/h4-7,9-10,12H,8H2,1-3H3,(H,18,19). The fraction of sp³-hybridized carbons (Fsp3) is 0.467. The van der Waals surface area contributed by atoms with Crippen molar-refractivity contribution in [3.05, 3.63) is 29.8 Å². The topological polar surface area (TPSA) is 57.6 Å². The Hall–Kier alpha value is -1.84. The first-order valence-electron chi connectivity index (χ1n) is 6.56. The van der Waals surface area contributed by atoms with Gasteiger partial charge in [-0.3, -0.25) is 9.59 Å². The average molecular weight is 261 g/mol. The highest BCUT2D eigenvalue weighted by molar-refractivity contribution is 6.00. The van der Waals surface area contributed by atoms with Crippen LogP contribution in [0.15, 0.2) is 24.3 Å². The predicted molar refractivity (Wildman–Crippen MR) is 73.2 cm³/mol. The van der Waals surface area contributed by atoms with Crippen LogP contribution in [0, 0.1) is 11.8 Å². The highest BCUT2D eigenvalue weighted by Gasteiger charge is 2.37. The Morgan fingerprint density at radius 2 is 1.89 bits per heavy atom. The third kappa shape index (κ3) is 2.35. The summed E-state index contributed by atoms with van der Waals surface area (Å²) in [4.78, 5) is 25.4. The minimum Gasteiger partial charge on any atom is -0.481 e. The number of fused-ring (bicyclic) bond motifs is 1. The van der Waals surface area contributed by atoms with Gasteiger partial charge in [-0.2, -0.15) is 0 Å². The van der Waals surface area contributed by atoms with Crippen molar-refractivity contribution < 1.29 is 14.7 Å². The molecule has 4 nitrogen and oxygen atoms in total. The Morgan fingerprint density at radius 3 is 2.47 bits per heavy atom. The zero-order valence-corrected chi connectivity index (χ0v) is 11.5. The van der Waals surface area contributed by atoms with Gasteiger partial charge in [0.25, 0.3) is 0 Å². The third-order valence-corrected chi connectivity index (χ3v) is 3.92. The smallest absolute Gasteiger partial charge is 0.312 e. The molecule has 1 amide bonds. The van der Waals surface area contributed by atoms with Crippen molar-refractivity contribution in [1.82, 2.24) is 0 Å². The molecule has 0 saturated carbocycles. The summed E-state index contributed by atoms with van der Waals surface area (Å²) in [6, 6.07) is 7.27. The molecule has 19 heavy (non-hydrogen) atoms. The molecule has 2 unspecified atom stereocenters. The number of nitrogens with zero attached hydrogens (tertiary/aromatic N) is 1. The van der Waals surface area contributed by atoms with E-state index in [4.69, 9.17) is 0 Å². The van der Waals surface area contributed by atoms with Crippen molar-refractivity contribution in [2.24, 2.45) is 11.8 Å². The number of hydrogen-bond acceptors (Lipinski definition) is 2. The van der Waals surface area contributed by atoms with Crippen LogP contribution in [0.1, 0.15) is 32.3 Å². The van der Waals surface area contributed by atoms with E-state index in [9.17, 15) is 14.7 Å². The number of amides is 1. The maximum Gasteiger partial charge on any atom is 0.312 e. The molecular weight excluding hydrogens is 242 g/mol. The maximum absolute atomic E-state index is 12.5. The quantitative estimate of drug-likeness (QED) is 0.909. The summed E-state index contributed by atoms with van der Waals surface area (Å²) in [6.07, 6.45) is 0. The van der Waals surface area contributed by atoms with Crippen LogP contribution in [-0.2, 0) is 9.59 Å². The normalized spacial score (nSPS) is 19.4. The van der Waals surface area contributed by atoms with Crippen LogP contribution in [-0.4, -0.2) is 23.5 Å². The van der Waals surface area contributed by atoms with Gasteiger partial charge in [-0.15, -0.1) is 0 Å². The molecule has 2 rings (SSSR count). The highest BCUT2D eigenvalue weighted by Crippen LogP contribution is 2.37. The molecule has 0 saturated heterocycles. The number of para-hydroxylation sites is 1. The number of anilines is 1. The van der Waals surface area contributed by atoms with Crippen LogP contribution in [0.5, 0.6) is 0 Å². The average Bonchev–Trinajstić information content (AvgIpc) is 2.76. The van der Waals surface area contributed by atoms with Crippen LogP contribution in [0.2, 0.25) is 0 Å². The van der Waals surface area contributed by atoms with Crippen LogP contribution in [0.4, 0.5) is 5.69 Å². The van der Waals surface area contributed by atoms with Crippen molar-refractivity contribution in [3.63, 3.8) is 0 Å². The number of benzene rings is 1. The lowest BCUT2D eigenvalue weighted by Gasteiger charge is -2.23. The molecule has 0 aliphatic carbocycles. The van der Waals surface area contributed by atoms with Gasteiger partial charge in [0, 0.05) is 18.2 Å². The lowest BCUT2D eigenvalue weighted by atomic mass is 9.96.